The molecule has 10 heteroatoms. The zero-order valence-corrected chi connectivity index (χ0v) is 20.7. The van der Waals surface area contributed by atoms with Crippen LogP contribution in [0.5, 0.6) is 11.5 Å². The highest BCUT2D eigenvalue weighted by Crippen LogP contribution is 2.29. The van der Waals surface area contributed by atoms with Gasteiger partial charge in [-0.05, 0) is 72.3 Å². The van der Waals surface area contributed by atoms with Crippen molar-refractivity contribution in [3.05, 3.63) is 88.5 Å². The fourth-order valence-electron chi connectivity index (χ4n) is 3.09. The summed E-state index contributed by atoms with van der Waals surface area (Å²) in [5, 5.41) is 15.3. The Bertz CT molecular complexity index is 1360. The van der Waals surface area contributed by atoms with Gasteiger partial charge in [0.15, 0.2) is 18.1 Å². The number of carbonyl (C=O) groups excluding carboxylic acids is 3. The predicted molar refractivity (Wildman–Crippen MR) is 139 cm³/mol. The zero-order valence-electron chi connectivity index (χ0n) is 19.9. The molecule has 3 rings (SSSR count). The predicted octanol–water partition coefficient (Wildman–Crippen LogP) is 4.70. The quantitative estimate of drug-likeness (QED) is 0.238. The van der Waals surface area contributed by atoms with E-state index in [1.165, 1.54) is 44.6 Å². The van der Waals surface area contributed by atoms with Crippen LogP contribution in [0.15, 0.2) is 72.3 Å². The Balaban J connectivity index is 1.66. The van der Waals surface area contributed by atoms with E-state index >= 15 is 0 Å². The van der Waals surface area contributed by atoms with Crippen molar-refractivity contribution in [3.63, 3.8) is 0 Å². The summed E-state index contributed by atoms with van der Waals surface area (Å²) in [5.41, 5.74) is 1.65. The lowest BCUT2D eigenvalue weighted by molar-refractivity contribution is -0.118. The topological polar surface area (TPSA) is 127 Å². The molecule has 9 nitrogen and oxygen atoms in total. The number of benzene rings is 3. The van der Waals surface area contributed by atoms with Crippen LogP contribution >= 0.6 is 11.6 Å². The van der Waals surface area contributed by atoms with E-state index in [0.717, 1.165) is 0 Å². The lowest BCUT2D eigenvalue weighted by atomic mass is 10.1. The number of methoxy groups -OCH3 is 2. The van der Waals surface area contributed by atoms with Gasteiger partial charge in [0.05, 0.1) is 19.8 Å². The van der Waals surface area contributed by atoms with Crippen LogP contribution in [0.1, 0.15) is 15.9 Å². The highest BCUT2D eigenvalue weighted by Gasteiger charge is 2.13. The third kappa shape index (κ3) is 7.59. The first-order chi connectivity index (χ1) is 17.8. The number of ether oxygens (including phenoxy) is 3. The van der Waals surface area contributed by atoms with Crippen molar-refractivity contribution in [1.82, 2.24) is 0 Å². The summed E-state index contributed by atoms with van der Waals surface area (Å²) >= 11 is 5.84. The molecule has 2 amide bonds. The second kappa shape index (κ2) is 12.8. The van der Waals surface area contributed by atoms with E-state index in [2.05, 4.69) is 15.4 Å². The second-order valence-corrected chi connectivity index (χ2v) is 7.88. The SMILES string of the molecule is COC(=O)c1ccc(NC(=O)/C(C#N)=C/c2ccc(OCC(=O)Nc3ccc(Cl)cc3)c(OC)c2)cc1. The highest BCUT2D eigenvalue weighted by atomic mass is 35.5. The fraction of sp³-hybridized carbons (Fsp3) is 0.111. The number of rotatable bonds is 9. The van der Waals surface area contributed by atoms with Crippen LogP contribution in [-0.2, 0) is 14.3 Å². The van der Waals surface area contributed by atoms with E-state index in [1.54, 1.807) is 42.5 Å². The third-order valence-corrected chi connectivity index (χ3v) is 5.17. The third-order valence-electron chi connectivity index (χ3n) is 4.91. The minimum absolute atomic E-state index is 0.157. The number of halogens is 1. The van der Waals surface area contributed by atoms with Gasteiger partial charge in [0.25, 0.3) is 11.8 Å². The van der Waals surface area contributed by atoms with Crippen molar-refractivity contribution >= 4 is 46.8 Å². The van der Waals surface area contributed by atoms with Gasteiger partial charge in [-0.2, -0.15) is 5.26 Å². The number of nitrogens with one attached hydrogen (secondary N) is 2. The molecule has 0 radical (unpaired) electrons. The molecule has 37 heavy (non-hydrogen) atoms. The molecule has 0 bridgehead atoms. The Labute approximate surface area is 218 Å². The minimum Gasteiger partial charge on any atom is -0.493 e. The van der Waals surface area contributed by atoms with Crippen molar-refractivity contribution in [1.29, 1.82) is 5.26 Å². The Hall–Kier alpha value is -4.81. The number of anilines is 2. The Morgan fingerprint density at radius 2 is 1.57 bits per heavy atom. The van der Waals surface area contributed by atoms with Gasteiger partial charge in [-0.15, -0.1) is 0 Å². The number of nitriles is 1. The molecule has 0 fully saturated rings. The molecule has 0 unspecified atom stereocenters. The number of nitrogens with zero attached hydrogens (tertiary/aromatic N) is 1. The molecule has 0 saturated carbocycles. The molecule has 0 spiro atoms. The van der Waals surface area contributed by atoms with Gasteiger partial charge < -0.3 is 24.8 Å². The molecule has 188 valence electrons. The standard InChI is InChI=1S/C27H22ClN3O6/c1-35-24-14-17(3-12-23(24)37-16-25(32)30-21-10-6-20(28)7-11-21)13-19(15-29)26(33)31-22-8-4-18(5-9-22)27(34)36-2/h3-14H,16H2,1-2H3,(H,30,32)(H,31,33)/b19-13+. The lowest BCUT2D eigenvalue weighted by Crippen LogP contribution is -2.20. The highest BCUT2D eigenvalue weighted by molar-refractivity contribution is 6.30. The van der Waals surface area contributed by atoms with Crippen LogP contribution in [0.4, 0.5) is 11.4 Å². The van der Waals surface area contributed by atoms with Gasteiger partial charge in [0.2, 0.25) is 0 Å². The van der Waals surface area contributed by atoms with Crippen molar-refractivity contribution < 1.29 is 28.6 Å². The first-order valence-electron chi connectivity index (χ1n) is 10.8. The normalized spacial score (nSPS) is 10.6. The first-order valence-corrected chi connectivity index (χ1v) is 11.2. The van der Waals surface area contributed by atoms with Gasteiger partial charge in [0, 0.05) is 16.4 Å². The maximum Gasteiger partial charge on any atom is 0.337 e. The van der Waals surface area contributed by atoms with E-state index in [9.17, 15) is 19.6 Å². The first kappa shape index (κ1) is 26.8. The molecule has 0 aliphatic rings. The molecule has 3 aromatic rings. The largest absolute Gasteiger partial charge is 0.493 e. The van der Waals surface area contributed by atoms with Crippen LogP contribution in [-0.4, -0.2) is 38.6 Å². The Kier molecular flexibility index (Phi) is 9.24. The van der Waals surface area contributed by atoms with Crippen LogP contribution in [0, 0.1) is 11.3 Å². The molecule has 0 atom stereocenters. The van der Waals surface area contributed by atoms with Crippen LogP contribution < -0.4 is 20.1 Å². The smallest absolute Gasteiger partial charge is 0.337 e. The van der Waals surface area contributed by atoms with Gasteiger partial charge in [0.1, 0.15) is 11.6 Å². The van der Waals surface area contributed by atoms with Crippen LogP contribution in [0.25, 0.3) is 6.08 Å². The molecular weight excluding hydrogens is 498 g/mol. The van der Waals surface area contributed by atoms with E-state index < -0.39 is 11.9 Å². The number of amides is 2. The maximum atomic E-state index is 12.6. The number of hydrogen-bond acceptors (Lipinski definition) is 7. The average molecular weight is 520 g/mol. The van der Waals surface area contributed by atoms with Crippen LogP contribution in [0.3, 0.4) is 0 Å². The summed E-state index contributed by atoms with van der Waals surface area (Å²) in [6, 6.07) is 19.3. The van der Waals surface area contributed by atoms with Crippen LogP contribution in [0.2, 0.25) is 5.02 Å². The molecule has 3 aromatic carbocycles. The fourth-order valence-corrected chi connectivity index (χ4v) is 3.21. The summed E-state index contributed by atoms with van der Waals surface area (Å²) in [6.45, 7) is -0.269. The summed E-state index contributed by atoms with van der Waals surface area (Å²) in [7, 11) is 2.70. The van der Waals surface area contributed by atoms with Gasteiger partial charge >= 0.3 is 5.97 Å². The number of hydrogen-bond donors (Lipinski definition) is 2. The van der Waals surface area contributed by atoms with E-state index in [1.807, 2.05) is 6.07 Å². The second-order valence-electron chi connectivity index (χ2n) is 7.45. The molecule has 0 aliphatic heterocycles. The van der Waals surface area contributed by atoms with Gasteiger partial charge in [-0.25, -0.2) is 4.79 Å². The van der Waals surface area contributed by atoms with E-state index in [0.29, 0.717) is 39.0 Å². The van der Waals surface area contributed by atoms with Crippen molar-refractivity contribution in [2.45, 2.75) is 0 Å². The molecule has 0 heterocycles. The monoisotopic (exact) mass is 519 g/mol. The van der Waals surface area contributed by atoms with Gasteiger partial charge in [-0.1, -0.05) is 17.7 Å². The summed E-state index contributed by atoms with van der Waals surface area (Å²) in [5.74, 6) is -0.898. The number of esters is 1. The molecular formula is C27H22ClN3O6. The molecule has 2 N–H and O–H groups in total. The Morgan fingerprint density at radius 3 is 2.19 bits per heavy atom. The van der Waals surface area contributed by atoms with E-state index in [4.69, 9.17) is 21.1 Å². The molecule has 0 saturated heterocycles. The van der Waals surface area contributed by atoms with Crippen molar-refractivity contribution in [2.75, 3.05) is 31.5 Å². The lowest BCUT2D eigenvalue weighted by Gasteiger charge is -2.12. The zero-order chi connectivity index (χ0) is 26.8. The average Bonchev–Trinajstić information content (AvgIpc) is 2.91. The summed E-state index contributed by atoms with van der Waals surface area (Å²) < 4.78 is 15.6. The summed E-state index contributed by atoms with van der Waals surface area (Å²) in [4.78, 5) is 36.3. The minimum atomic E-state index is -0.633. The van der Waals surface area contributed by atoms with Crippen molar-refractivity contribution in [3.8, 4) is 17.6 Å². The Morgan fingerprint density at radius 1 is 0.919 bits per heavy atom. The molecule has 0 aromatic heterocycles. The van der Waals surface area contributed by atoms with Crippen molar-refractivity contribution in [2.24, 2.45) is 0 Å². The van der Waals surface area contributed by atoms with Gasteiger partial charge in [-0.3, -0.25) is 9.59 Å². The number of carbonyl (C=O) groups is 3. The van der Waals surface area contributed by atoms with E-state index in [-0.39, 0.29) is 18.1 Å². The molecule has 0 aliphatic carbocycles. The summed E-state index contributed by atoms with van der Waals surface area (Å²) in [6.07, 6.45) is 1.39. The maximum absolute atomic E-state index is 12.6.